The number of amides is 1. The lowest BCUT2D eigenvalue weighted by atomic mass is 10.0. The van der Waals surface area contributed by atoms with Gasteiger partial charge in [-0.25, -0.2) is 12.7 Å². The van der Waals surface area contributed by atoms with Gasteiger partial charge in [-0.1, -0.05) is 18.2 Å². The van der Waals surface area contributed by atoms with Gasteiger partial charge in [-0.2, -0.15) is 0 Å². The largest absolute Gasteiger partial charge is 0.312 e. The average Bonchev–Trinajstić information content (AvgIpc) is 3.00. The second-order valence-electron chi connectivity index (χ2n) is 5.37. The normalized spacial score (nSPS) is 27.1. The van der Waals surface area contributed by atoms with Crippen molar-refractivity contribution >= 4 is 21.6 Å². The van der Waals surface area contributed by atoms with Crippen molar-refractivity contribution in [2.24, 2.45) is 11.8 Å². The van der Waals surface area contributed by atoms with E-state index in [4.69, 9.17) is 0 Å². The van der Waals surface area contributed by atoms with E-state index in [1.165, 1.54) is 4.31 Å². The Hall–Kier alpha value is -1.40. The molecule has 0 aliphatic carbocycles. The molecule has 0 unspecified atom stereocenters. The number of fused-ring (bicyclic) bond motifs is 1. The van der Waals surface area contributed by atoms with Crippen molar-refractivity contribution in [2.75, 3.05) is 30.3 Å². The van der Waals surface area contributed by atoms with Crippen molar-refractivity contribution in [1.29, 1.82) is 0 Å². The number of hydrogen-bond acceptors (Lipinski definition) is 3. The summed E-state index contributed by atoms with van der Waals surface area (Å²) >= 11 is 0. The minimum atomic E-state index is -3.18. The van der Waals surface area contributed by atoms with Gasteiger partial charge in [-0.05, 0) is 19.1 Å². The highest BCUT2D eigenvalue weighted by atomic mass is 32.2. The molecule has 2 atom stereocenters. The maximum Gasteiger partial charge on any atom is 0.231 e. The van der Waals surface area contributed by atoms with Crippen LogP contribution in [0, 0.1) is 11.8 Å². The molecule has 0 spiro atoms. The van der Waals surface area contributed by atoms with E-state index >= 15 is 0 Å². The number of hydrogen-bond donors (Lipinski definition) is 0. The van der Waals surface area contributed by atoms with E-state index in [1.807, 2.05) is 30.3 Å². The third kappa shape index (κ3) is 2.13. The Kier molecular flexibility index (Phi) is 3.30. The number of benzene rings is 1. The summed E-state index contributed by atoms with van der Waals surface area (Å²) in [6, 6.07) is 9.56. The zero-order valence-electron chi connectivity index (χ0n) is 11.4. The van der Waals surface area contributed by atoms with Gasteiger partial charge < -0.3 is 4.90 Å². The summed E-state index contributed by atoms with van der Waals surface area (Å²) in [5.41, 5.74) is 0.900. The lowest BCUT2D eigenvalue weighted by Crippen LogP contribution is -2.36. The lowest BCUT2D eigenvalue weighted by molar-refractivity contribution is -0.120. The Labute approximate surface area is 119 Å². The number of rotatable bonds is 3. The highest BCUT2D eigenvalue weighted by molar-refractivity contribution is 7.89. The molecule has 2 saturated heterocycles. The first kappa shape index (κ1) is 13.6. The first-order valence-electron chi connectivity index (χ1n) is 6.87. The summed E-state index contributed by atoms with van der Waals surface area (Å²) in [5, 5.41) is 0. The Morgan fingerprint density at radius 3 is 2.45 bits per heavy atom. The Morgan fingerprint density at radius 2 is 1.85 bits per heavy atom. The quantitative estimate of drug-likeness (QED) is 0.833. The first-order valence-corrected chi connectivity index (χ1v) is 8.48. The minimum absolute atomic E-state index is 0.0509. The molecule has 0 bridgehead atoms. The van der Waals surface area contributed by atoms with Crippen molar-refractivity contribution in [1.82, 2.24) is 4.31 Å². The Bertz CT molecular complexity index is 615. The van der Waals surface area contributed by atoms with Crippen molar-refractivity contribution in [3.63, 3.8) is 0 Å². The summed E-state index contributed by atoms with van der Waals surface area (Å²) in [6.07, 6.45) is 0. The highest BCUT2D eigenvalue weighted by Crippen LogP contribution is 2.36. The van der Waals surface area contributed by atoms with Gasteiger partial charge in [0, 0.05) is 31.2 Å². The molecule has 2 heterocycles. The van der Waals surface area contributed by atoms with Crippen LogP contribution in [0.4, 0.5) is 5.69 Å². The van der Waals surface area contributed by atoms with Crippen LogP contribution in [0.2, 0.25) is 0 Å². The average molecular weight is 294 g/mol. The fourth-order valence-electron chi connectivity index (χ4n) is 3.07. The molecule has 2 aliphatic heterocycles. The van der Waals surface area contributed by atoms with Gasteiger partial charge in [0.2, 0.25) is 15.9 Å². The monoisotopic (exact) mass is 294 g/mol. The standard InChI is InChI=1S/C14H18N2O3S/c1-2-20(18,19)15-8-11-9-16(14(17)13(11)10-15)12-6-4-3-5-7-12/h3-7,11,13H,2,8-10H2,1H3/t11-,13+/m0/s1. The van der Waals surface area contributed by atoms with E-state index in [1.54, 1.807) is 11.8 Å². The predicted octanol–water partition coefficient (Wildman–Crippen LogP) is 0.931. The van der Waals surface area contributed by atoms with Crippen LogP contribution in [0.3, 0.4) is 0 Å². The molecule has 3 rings (SSSR count). The zero-order valence-corrected chi connectivity index (χ0v) is 12.2. The van der Waals surface area contributed by atoms with Gasteiger partial charge in [0.25, 0.3) is 0 Å². The van der Waals surface area contributed by atoms with Crippen molar-refractivity contribution < 1.29 is 13.2 Å². The summed E-state index contributed by atoms with van der Waals surface area (Å²) in [5.74, 6) is 0.0822. The topological polar surface area (TPSA) is 57.7 Å². The molecule has 0 radical (unpaired) electrons. The second kappa shape index (κ2) is 4.86. The highest BCUT2D eigenvalue weighted by Gasteiger charge is 2.48. The lowest BCUT2D eigenvalue weighted by Gasteiger charge is -2.21. The maximum absolute atomic E-state index is 12.5. The van der Waals surface area contributed by atoms with E-state index in [0.717, 1.165) is 5.69 Å². The van der Waals surface area contributed by atoms with Crippen molar-refractivity contribution in [3.8, 4) is 0 Å². The minimum Gasteiger partial charge on any atom is -0.312 e. The molecule has 0 saturated carbocycles. The number of anilines is 1. The molecule has 6 heteroatoms. The molecule has 1 aromatic carbocycles. The van der Waals surface area contributed by atoms with E-state index in [2.05, 4.69) is 0 Å². The molecule has 1 amide bonds. The second-order valence-corrected chi connectivity index (χ2v) is 7.63. The fourth-order valence-corrected chi connectivity index (χ4v) is 4.24. The maximum atomic E-state index is 12.5. The van der Waals surface area contributed by atoms with Gasteiger partial charge in [0.15, 0.2) is 0 Å². The van der Waals surface area contributed by atoms with E-state index in [0.29, 0.717) is 19.6 Å². The van der Waals surface area contributed by atoms with E-state index in [-0.39, 0.29) is 23.5 Å². The van der Waals surface area contributed by atoms with E-state index in [9.17, 15) is 13.2 Å². The van der Waals surface area contributed by atoms with Crippen LogP contribution in [0.1, 0.15) is 6.92 Å². The molecule has 20 heavy (non-hydrogen) atoms. The molecule has 108 valence electrons. The van der Waals surface area contributed by atoms with Crippen LogP contribution in [-0.4, -0.2) is 44.0 Å². The molecular formula is C14H18N2O3S. The van der Waals surface area contributed by atoms with E-state index < -0.39 is 10.0 Å². The number of sulfonamides is 1. The van der Waals surface area contributed by atoms with Crippen LogP contribution in [0.25, 0.3) is 0 Å². The third-order valence-electron chi connectivity index (χ3n) is 4.23. The first-order chi connectivity index (χ1) is 9.53. The molecular weight excluding hydrogens is 276 g/mol. The number of carbonyl (C=O) groups excluding carboxylic acids is 1. The van der Waals surface area contributed by atoms with Crippen LogP contribution >= 0.6 is 0 Å². The fraction of sp³-hybridized carbons (Fsp3) is 0.500. The summed E-state index contributed by atoms with van der Waals surface area (Å²) < 4.78 is 25.3. The molecule has 0 N–H and O–H groups in total. The molecule has 2 aliphatic rings. The summed E-state index contributed by atoms with van der Waals surface area (Å²) in [6.45, 7) is 3.06. The molecule has 5 nitrogen and oxygen atoms in total. The number of para-hydroxylation sites is 1. The Balaban J connectivity index is 1.78. The van der Waals surface area contributed by atoms with Gasteiger partial charge in [-0.3, -0.25) is 4.79 Å². The smallest absolute Gasteiger partial charge is 0.231 e. The van der Waals surface area contributed by atoms with Gasteiger partial charge >= 0.3 is 0 Å². The number of nitrogens with zero attached hydrogens (tertiary/aromatic N) is 2. The van der Waals surface area contributed by atoms with Crippen LogP contribution in [0.15, 0.2) is 30.3 Å². The SMILES string of the molecule is CCS(=O)(=O)N1C[C@H]2CN(c3ccccc3)C(=O)[C@@H]2C1. The molecule has 0 aromatic heterocycles. The van der Waals surface area contributed by atoms with Gasteiger partial charge in [0.1, 0.15) is 0 Å². The number of carbonyl (C=O) groups is 1. The zero-order chi connectivity index (χ0) is 14.3. The van der Waals surface area contributed by atoms with Crippen molar-refractivity contribution in [2.45, 2.75) is 6.92 Å². The third-order valence-corrected chi connectivity index (χ3v) is 6.05. The van der Waals surface area contributed by atoms with Crippen LogP contribution in [-0.2, 0) is 14.8 Å². The molecule has 1 aromatic rings. The summed E-state index contributed by atoms with van der Waals surface area (Å²) in [7, 11) is -3.18. The summed E-state index contributed by atoms with van der Waals surface area (Å²) in [4.78, 5) is 14.2. The van der Waals surface area contributed by atoms with Crippen molar-refractivity contribution in [3.05, 3.63) is 30.3 Å². The molecule has 2 fully saturated rings. The predicted molar refractivity (Wildman–Crippen MR) is 76.8 cm³/mol. The van der Waals surface area contributed by atoms with Gasteiger partial charge in [0.05, 0.1) is 11.7 Å². The van der Waals surface area contributed by atoms with Gasteiger partial charge in [-0.15, -0.1) is 0 Å². The van der Waals surface area contributed by atoms with Crippen LogP contribution in [0.5, 0.6) is 0 Å². The Morgan fingerprint density at radius 1 is 1.15 bits per heavy atom. The van der Waals surface area contributed by atoms with Crippen LogP contribution < -0.4 is 4.90 Å².